The van der Waals surface area contributed by atoms with Crippen LogP contribution in [0.15, 0.2) is 36.7 Å². The number of benzene rings is 1. The van der Waals surface area contributed by atoms with Gasteiger partial charge in [0.05, 0.1) is 22.0 Å². The van der Waals surface area contributed by atoms with Crippen LogP contribution in [0.2, 0.25) is 0 Å². The summed E-state index contributed by atoms with van der Waals surface area (Å²) in [6.45, 7) is 0. The molecule has 0 fully saturated rings. The van der Waals surface area contributed by atoms with E-state index in [9.17, 15) is 9.50 Å². The van der Waals surface area contributed by atoms with E-state index < -0.39 is 0 Å². The first-order valence-corrected chi connectivity index (χ1v) is 5.75. The molecule has 3 rings (SSSR count). The monoisotopic (exact) mass is 246 g/mol. The van der Waals surface area contributed by atoms with Gasteiger partial charge in [-0.1, -0.05) is 0 Å². The minimum atomic E-state index is -0.286. The number of halogens is 1. The summed E-state index contributed by atoms with van der Waals surface area (Å²) in [5.41, 5.74) is 1.34. The number of hydrogen-bond donors (Lipinski definition) is 1. The van der Waals surface area contributed by atoms with Crippen LogP contribution in [-0.2, 0) is 0 Å². The van der Waals surface area contributed by atoms with Gasteiger partial charge in [0, 0.05) is 6.20 Å². The lowest BCUT2D eigenvalue weighted by Gasteiger charge is -1.97. The highest BCUT2D eigenvalue weighted by molar-refractivity contribution is 7.21. The Morgan fingerprint density at radius 3 is 2.94 bits per heavy atom. The van der Waals surface area contributed by atoms with Gasteiger partial charge in [-0.15, -0.1) is 11.3 Å². The molecule has 17 heavy (non-hydrogen) atoms. The molecule has 84 valence electrons. The quantitative estimate of drug-likeness (QED) is 0.717. The second kappa shape index (κ2) is 3.78. The Balaban J connectivity index is 2.22. The zero-order chi connectivity index (χ0) is 11.8. The molecule has 3 nitrogen and oxygen atoms in total. The number of pyridine rings is 1. The lowest BCUT2D eigenvalue weighted by atomic mass is 10.2. The van der Waals surface area contributed by atoms with Crippen molar-refractivity contribution in [3.8, 4) is 16.3 Å². The number of hydrogen-bond acceptors (Lipinski definition) is 4. The molecule has 0 saturated carbocycles. The Kier molecular flexibility index (Phi) is 2.26. The molecule has 0 aliphatic rings. The molecule has 2 heterocycles. The van der Waals surface area contributed by atoms with Crippen molar-refractivity contribution in [3.63, 3.8) is 0 Å². The molecule has 0 atom stereocenters. The van der Waals surface area contributed by atoms with Gasteiger partial charge < -0.3 is 5.11 Å². The highest BCUT2D eigenvalue weighted by Gasteiger charge is 2.10. The Labute approximate surface area is 100 Å². The molecule has 0 amide bonds. The third kappa shape index (κ3) is 1.74. The van der Waals surface area contributed by atoms with E-state index in [1.54, 1.807) is 18.3 Å². The molecule has 0 bridgehead atoms. The van der Waals surface area contributed by atoms with Gasteiger partial charge in [-0.05, 0) is 24.3 Å². The Morgan fingerprint density at radius 2 is 2.12 bits per heavy atom. The van der Waals surface area contributed by atoms with Crippen LogP contribution < -0.4 is 0 Å². The first-order valence-electron chi connectivity index (χ1n) is 4.93. The molecule has 0 aliphatic heterocycles. The average Bonchev–Trinajstić information content (AvgIpc) is 2.72. The predicted molar refractivity (Wildman–Crippen MR) is 64.5 cm³/mol. The van der Waals surface area contributed by atoms with Crippen molar-refractivity contribution in [2.75, 3.05) is 0 Å². The van der Waals surface area contributed by atoms with Gasteiger partial charge >= 0.3 is 0 Å². The summed E-state index contributed by atoms with van der Waals surface area (Å²) in [6.07, 6.45) is 2.95. The number of aromatic nitrogens is 2. The van der Waals surface area contributed by atoms with E-state index in [-0.39, 0.29) is 11.6 Å². The minimum Gasteiger partial charge on any atom is -0.506 e. The highest BCUT2D eigenvalue weighted by atomic mass is 32.1. The standard InChI is InChI=1S/C12H7FN2OS/c13-7-1-2-9-11(5-7)17-12(15-9)8-3-4-14-6-10(8)16/h1-6,16H. The van der Waals surface area contributed by atoms with Crippen molar-refractivity contribution in [3.05, 3.63) is 42.5 Å². The summed E-state index contributed by atoms with van der Waals surface area (Å²) < 4.78 is 13.8. The first kappa shape index (κ1) is 10.2. The number of aromatic hydroxyl groups is 1. The van der Waals surface area contributed by atoms with Gasteiger partial charge in [0.25, 0.3) is 0 Å². The Hall–Kier alpha value is -2.01. The number of rotatable bonds is 1. The summed E-state index contributed by atoms with van der Waals surface area (Å²) in [7, 11) is 0. The molecule has 0 radical (unpaired) electrons. The molecule has 3 aromatic rings. The van der Waals surface area contributed by atoms with E-state index in [1.807, 2.05) is 0 Å². The van der Waals surface area contributed by atoms with Crippen molar-refractivity contribution in [1.29, 1.82) is 0 Å². The van der Waals surface area contributed by atoms with Gasteiger partial charge in [-0.2, -0.15) is 0 Å². The second-order valence-electron chi connectivity index (χ2n) is 3.52. The fourth-order valence-electron chi connectivity index (χ4n) is 1.58. The Morgan fingerprint density at radius 1 is 1.24 bits per heavy atom. The topological polar surface area (TPSA) is 46.0 Å². The van der Waals surface area contributed by atoms with Crippen LogP contribution in [0.25, 0.3) is 20.8 Å². The normalized spacial score (nSPS) is 10.9. The molecule has 5 heteroatoms. The number of nitrogens with zero attached hydrogens (tertiary/aromatic N) is 2. The molecule has 0 spiro atoms. The highest BCUT2D eigenvalue weighted by Crippen LogP contribution is 2.34. The summed E-state index contributed by atoms with van der Waals surface area (Å²) >= 11 is 1.34. The van der Waals surface area contributed by atoms with E-state index in [1.165, 1.54) is 29.7 Å². The van der Waals surface area contributed by atoms with E-state index >= 15 is 0 Å². The lowest BCUT2D eigenvalue weighted by molar-refractivity contribution is 0.474. The summed E-state index contributed by atoms with van der Waals surface area (Å²) in [5, 5.41) is 10.3. The van der Waals surface area contributed by atoms with Gasteiger partial charge in [-0.3, -0.25) is 4.98 Å². The van der Waals surface area contributed by atoms with Gasteiger partial charge in [0.2, 0.25) is 0 Å². The third-order valence-corrected chi connectivity index (χ3v) is 3.43. The molecule has 1 aromatic carbocycles. The molecule has 1 N–H and O–H groups in total. The largest absolute Gasteiger partial charge is 0.506 e. The van der Waals surface area contributed by atoms with Crippen LogP contribution in [0.5, 0.6) is 5.75 Å². The van der Waals surface area contributed by atoms with Crippen molar-refractivity contribution >= 4 is 21.6 Å². The van der Waals surface area contributed by atoms with E-state index in [0.29, 0.717) is 10.6 Å². The fourth-order valence-corrected chi connectivity index (χ4v) is 2.61. The molecule has 0 unspecified atom stereocenters. The van der Waals surface area contributed by atoms with Crippen LogP contribution in [0.3, 0.4) is 0 Å². The summed E-state index contributed by atoms with van der Waals surface area (Å²) in [4.78, 5) is 8.15. The van der Waals surface area contributed by atoms with Crippen molar-refractivity contribution in [2.45, 2.75) is 0 Å². The zero-order valence-electron chi connectivity index (χ0n) is 8.59. The SMILES string of the molecule is Oc1cnccc1-c1nc2ccc(F)cc2s1. The maximum atomic E-state index is 13.0. The maximum Gasteiger partial charge on any atom is 0.144 e. The van der Waals surface area contributed by atoms with Crippen LogP contribution in [0, 0.1) is 5.82 Å². The van der Waals surface area contributed by atoms with Crippen LogP contribution >= 0.6 is 11.3 Å². The molecule has 0 saturated heterocycles. The van der Waals surface area contributed by atoms with E-state index in [0.717, 1.165) is 10.2 Å². The molecule has 0 aliphatic carbocycles. The lowest BCUT2D eigenvalue weighted by Crippen LogP contribution is -1.78. The molecule has 2 aromatic heterocycles. The van der Waals surface area contributed by atoms with Gasteiger partial charge in [0.15, 0.2) is 0 Å². The predicted octanol–water partition coefficient (Wildman–Crippen LogP) is 3.20. The number of thiazole rings is 1. The maximum absolute atomic E-state index is 13.0. The van der Waals surface area contributed by atoms with Crippen molar-refractivity contribution < 1.29 is 9.50 Å². The summed E-state index contributed by atoms with van der Waals surface area (Å²) in [6, 6.07) is 6.12. The van der Waals surface area contributed by atoms with E-state index in [2.05, 4.69) is 9.97 Å². The van der Waals surface area contributed by atoms with Crippen LogP contribution in [0.1, 0.15) is 0 Å². The Bertz CT molecular complexity index is 696. The third-order valence-electron chi connectivity index (χ3n) is 2.38. The van der Waals surface area contributed by atoms with Crippen LogP contribution in [-0.4, -0.2) is 15.1 Å². The van der Waals surface area contributed by atoms with Crippen LogP contribution in [0.4, 0.5) is 4.39 Å². The fraction of sp³-hybridized carbons (Fsp3) is 0. The number of fused-ring (bicyclic) bond motifs is 1. The van der Waals surface area contributed by atoms with Gasteiger partial charge in [0.1, 0.15) is 16.6 Å². The smallest absolute Gasteiger partial charge is 0.144 e. The first-order chi connectivity index (χ1) is 8.24. The van der Waals surface area contributed by atoms with Gasteiger partial charge in [-0.25, -0.2) is 9.37 Å². The zero-order valence-corrected chi connectivity index (χ0v) is 9.41. The second-order valence-corrected chi connectivity index (χ2v) is 4.55. The van der Waals surface area contributed by atoms with Crippen molar-refractivity contribution in [2.24, 2.45) is 0 Å². The minimum absolute atomic E-state index is 0.0760. The molecular weight excluding hydrogens is 239 g/mol. The molecular formula is C12H7FN2OS. The average molecular weight is 246 g/mol. The summed E-state index contributed by atoms with van der Waals surface area (Å²) in [5.74, 6) is -0.210. The van der Waals surface area contributed by atoms with Crippen molar-refractivity contribution in [1.82, 2.24) is 9.97 Å². The van der Waals surface area contributed by atoms with E-state index in [4.69, 9.17) is 0 Å².